The van der Waals surface area contributed by atoms with Gasteiger partial charge in [-0.3, -0.25) is 9.59 Å². The Morgan fingerprint density at radius 1 is 0.517 bits per heavy atom. The van der Waals surface area contributed by atoms with E-state index >= 15 is 0 Å². The van der Waals surface area contributed by atoms with Crippen molar-refractivity contribution >= 4 is 11.9 Å². The van der Waals surface area contributed by atoms with Crippen LogP contribution in [-0.2, 0) is 14.3 Å². The largest absolute Gasteiger partial charge is 0.462 e. The fourth-order valence-electron chi connectivity index (χ4n) is 6.81. The monoisotopic (exact) mass is 834 g/mol. The van der Waals surface area contributed by atoms with Gasteiger partial charge < -0.3 is 20.3 Å². The van der Waals surface area contributed by atoms with Crippen LogP contribution in [0.4, 0.5) is 0 Å². The van der Waals surface area contributed by atoms with E-state index in [1.807, 2.05) is 42.5 Å². The van der Waals surface area contributed by atoms with E-state index in [0.29, 0.717) is 19.3 Å². The van der Waals surface area contributed by atoms with Crippen LogP contribution in [0.2, 0.25) is 0 Å². The quantitative estimate of drug-likeness (QED) is 0.0246. The van der Waals surface area contributed by atoms with Gasteiger partial charge in [-0.2, -0.15) is 0 Å². The van der Waals surface area contributed by atoms with Crippen molar-refractivity contribution in [3.05, 3.63) is 97.2 Å². The fraction of sp³-hybridized carbons (Fsp3) is 0.667. The molecule has 0 aliphatic heterocycles. The molecule has 0 radical (unpaired) electrons. The minimum absolute atomic E-state index is 0.0393. The third-order valence-electron chi connectivity index (χ3n) is 10.5. The van der Waals surface area contributed by atoms with Gasteiger partial charge in [0.05, 0.1) is 25.2 Å². The number of amides is 1. The number of carbonyl (C=O) groups excluding carboxylic acids is 2. The summed E-state index contributed by atoms with van der Waals surface area (Å²) in [6, 6.07) is -0.722. The van der Waals surface area contributed by atoms with Crippen LogP contribution in [0.5, 0.6) is 0 Å². The predicted molar refractivity (Wildman–Crippen MR) is 259 cm³/mol. The molecule has 3 atom stereocenters. The van der Waals surface area contributed by atoms with Gasteiger partial charge in [0.1, 0.15) is 6.10 Å². The van der Waals surface area contributed by atoms with E-state index in [1.165, 1.54) is 64.2 Å². The van der Waals surface area contributed by atoms with Gasteiger partial charge in [0.15, 0.2) is 0 Å². The Bertz CT molecular complexity index is 1210. The highest BCUT2D eigenvalue weighted by Gasteiger charge is 2.24. The summed E-state index contributed by atoms with van der Waals surface area (Å²) in [6.45, 7) is 6.26. The van der Waals surface area contributed by atoms with Crippen molar-refractivity contribution in [3.8, 4) is 0 Å². The summed E-state index contributed by atoms with van der Waals surface area (Å²) < 4.78 is 5.89. The van der Waals surface area contributed by atoms with E-state index < -0.39 is 18.2 Å². The molecule has 6 heteroatoms. The topological polar surface area (TPSA) is 95.9 Å². The number of hydrogen-bond donors (Lipinski definition) is 3. The molecule has 0 aliphatic carbocycles. The molecule has 0 spiro atoms. The molecule has 0 rings (SSSR count). The number of allylic oxidation sites excluding steroid dienone is 16. The zero-order valence-electron chi connectivity index (χ0n) is 38.8. The standard InChI is InChI=1S/C54H91NO5/c1-4-7-10-13-16-19-21-23-25-26-28-29-31-34-36-39-42-45-50(48-53(58)55-51(49-56)52(57)46-43-40-37-33-18-15-12-9-6-3)60-54(59)47-44-41-38-35-32-30-27-24-22-20-17-14-11-8-5-2/h8,11,14,16-17,19-20,22-25,27-30,32,50-52,56-57H,4-7,9-10,12-13,15,18,21,26,31,33-49H2,1-3H3,(H,55,58)/b11-8+,17-14+,19-16-,22-20-,25-23-,27-24-,29-28-,32-30+. The zero-order chi connectivity index (χ0) is 43.8. The summed E-state index contributed by atoms with van der Waals surface area (Å²) in [5, 5.41) is 23.6. The molecule has 3 N–H and O–H groups in total. The lowest BCUT2D eigenvalue weighted by atomic mass is 10.0. The van der Waals surface area contributed by atoms with Crippen LogP contribution in [0, 0.1) is 0 Å². The van der Waals surface area contributed by atoms with Gasteiger partial charge in [0.2, 0.25) is 5.91 Å². The van der Waals surface area contributed by atoms with Crippen LogP contribution in [0.3, 0.4) is 0 Å². The number of rotatable bonds is 42. The molecule has 0 aliphatic rings. The maximum atomic E-state index is 13.2. The van der Waals surface area contributed by atoms with Crippen molar-refractivity contribution in [1.29, 1.82) is 0 Å². The molecule has 0 heterocycles. The lowest BCUT2D eigenvalue weighted by molar-refractivity contribution is -0.151. The van der Waals surface area contributed by atoms with Gasteiger partial charge in [-0.05, 0) is 83.5 Å². The van der Waals surface area contributed by atoms with Gasteiger partial charge in [0, 0.05) is 6.42 Å². The van der Waals surface area contributed by atoms with E-state index in [-0.39, 0.29) is 24.9 Å². The maximum Gasteiger partial charge on any atom is 0.306 e. The van der Waals surface area contributed by atoms with E-state index in [2.05, 4.69) is 80.8 Å². The molecule has 0 saturated heterocycles. The minimum atomic E-state index is -0.806. The molecule has 3 unspecified atom stereocenters. The van der Waals surface area contributed by atoms with Crippen molar-refractivity contribution in [2.24, 2.45) is 0 Å². The summed E-state index contributed by atoms with van der Waals surface area (Å²) >= 11 is 0. The number of hydrogen-bond acceptors (Lipinski definition) is 5. The Morgan fingerprint density at radius 3 is 1.55 bits per heavy atom. The summed E-state index contributed by atoms with van der Waals surface area (Å²) in [7, 11) is 0. The Kier molecular flexibility index (Phi) is 44.3. The Labute approximate surface area is 369 Å². The van der Waals surface area contributed by atoms with Crippen LogP contribution in [-0.4, -0.2) is 46.9 Å². The SMILES string of the molecule is CC/C=C/C=C/C=C\C=C/C=C/CCCCCC(=O)OC(CCCCCC/C=C\C/C=C\C/C=C\CCCCC)CC(=O)NC(CO)C(O)CCCCCCCCCCC. The van der Waals surface area contributed by atoms with Crippen LogP contribution in [0.15, 0.2) is 97.2 Å². The lowest BCUT2D eigenvalue weighted by Crippen LogP contribution is -2.46. The maximum absolute atomic E-state index is 13.2. The second kappa shape index (κ2) is 46.8. The highest BCUT2D eigenvalue weighted by Crippen LogP contribution is 2.17. The van der Waals surface area contributed by atoms with Crippen molar-refractivity contribution in [2.45, 2.75) is 225 Å². The van der Waals surface area contributed by atoms with Crippen molar-refractivity contribution < 1.29 is 24.5 Å². The van der Waals surface area contributed by atoms with Crippen molar-refractivity contribution in [2.75, 3.05) is 6.61 Å². The van der Waals surface area contributed by atoms with E-state index in [9.17, 15) is 19.8 Å². The number of unbranched alkanes of at least 4 members (excludes halogenated alkanes) is 18. The third kappa shape index (κ3) is 41.5. The molecule has 60 heavy (non-hydrogen) atoms. The highest BCUT2D eigenvalue weighted by molar-refractivity contribution is 5.77. The number of aliphatic hydroxyl groups excluding tert-OH is 2. The Hall–Kier alpha value is -3.22. The first-order chi connectivity index (χ1) is 29.5. The highest BCUT2D eigenvalue weighted by atomic mass is 16.5. The second-order valence-corrected chi connectivity index (χ2v) is 16.2. The van der Waals surface area contributed by atoms with Crippen molar-refractivity contribution in [3.63, 3.8) is 0 Å². The number of aliphatic hydroxyl groups is 2. The molecule has 0 saturated carbocycles. The molecule has 0 aromatic rings. The molecule has 342 valence electrons. The number of ether oxygens (including phenoxy) is 1. The minimum Gasteiger partial charge on any atom is -0.462 e. The molecule has 1 amide bonds. The summed E-state index contributed by atoms with van der Waals surface area (Å²) in [5.74, 6) is -0.555. The Morgan fingerprint density at radius 2 is 0.967 bits per heavy atom. The third-order valence-corrected chi connectivity index (χ3v) is 10.5. The van der Waals surface area contributed by atoms with Crippen LogP contribution < -0.4 is 5.32 Å². The lowest BCUT2D eigenvalue weighted by Gasteiger charge is -2.24. The average molecular weight is 834 g/mol. The van der Waals surface area contributed by atoms with Gasteiger partial charge >= 0.3 is 5.97 Å². The fourth-order valence-corrected chi connectivity index (χ4v) is 6.81. The van der Waals surface area contributed by atoms with Crippen LogP contribution in [0.1, 0.15) is 207 Å². The first-order valence-electron chi connectivity index (χ1n) is 24.5. The predicted octanol–water partition coefficient (Wildman–Crippen LogP) is 14.6. The molecule has 6 nitrogen and oxygen atoms in total. The molecular formula is C54H91NO5. The van der Waals surface area contributed by atoms with Crippen molar-refractivity contribution in [1.82, 2.24) is 5.32 Å². The number of nitrogens with one attached hydrogen (secondary N) is 1. The normalized spacial score (nSPS) is 14.2. The average Bonchev–Trinajstić information content (AvgIpc) is 3.24. The van der Waals surface area contributed by atoms with Gasteiger partial charge in [-0.1, -0.05) is 208 Å². The number of carbonyl (C=O) groups is 2. The zero-order valence-corrected chi connectivity index (χ0v) is 38.8. The molecule has 0 fully saturated rings. The van der Waals surface area contributed by atoms with E-state index in [4.69, 9.17) is 4.74 Å². The van der Waals surface area contributed by atoms with Crippen LogP contribution >= 0.6 is 0 Å². The molecule has 0 bridgehead atoms. The second-order valence-electron chi connectivity index (χ2n) is 16.2. The van der Waals surface area contributed by atoms with Crippen LogP contribution in [0.25, 0.3) is 0 Å². The van der Waals surface area contributed by atoms with E-state index in [0.717, 1.165) is 96.3 Å². The van der Waals surface area contributed by atoms with Gasteiger partial charge in [0.25, 0.3) is 0 Å². The molecule has 0 aromatic heterocycles. The Balaban J connectivity index is 4.76. The first kappa shape index (κ1) is 56.8. The smallest absolute Gasteiger partial charge is 0.306 e. The summed E-state index contributed by atoms with van der Waals surface area (Å²) in [6.07, 6.45) is 61.7. The molecule has 0 aromatic carbocycles. The van der Waals surface area contributed by atoms with Gasteiger partial charge in [-0.15, -0.1) is 0 Å². The first-order valence-corrected chi connectivity index (χ1v) is 24.5. The van der Waals surface area contributed by atoms with E-state index in [1.54, 1.807) is 0 Å². The van der Waals surface area contributed by atoms with Gasteiger partial charge in [-0.25, -0.2) is 0 Å². The molecular weight excluding hydrogens is 743 g/mol. The number of esters is 1. The summed E-state index contributed by atoms with van der Waals surface area (Å²) in [5.41, 5.74) is 0. The summed E-state index contributed by atoms with van der Waals surface area (Å²) in [4.78, 5) is 26.1.